The maximum Gasteiger partial charge on any atom is 0.243 e. The van der Waals surface area contributed by atoms with Gasteiger partial charge in [-0.15, -0.1) is 0 Å². The van der Waals surface area contributed by atoms with Crippen LogP contribution in [0, 0.1) is 6.92 Å². The summed E-state index contributed by atoms with van der Waals surface area (Å²) in [6, 6.07) is 5.03. The molecular formula is C11H15BrN2O2S. The molecule has 17 heavy (non-hydrogen) atoms. The van der Waals surface area contributed by atoms with Crippen molar-refractivity contribution in [2.75, 3.05) is 13.1 Å². The van der Waals surface area contributed by atoms with Gasteiger partial charge in [-0.05, 0) is 37.1 Å². The number of hydrogen-bond donors (Lipinski definition) is 1. The smallest absolute Gasteiger partial charge is 0.243 e. The zero-order valence-electron chi connectivity index (χ0n) is 9.56. The largest absolute Gasteiger partial charge is 0.326 e. The molecule has 0 amide bonds. The number of hydrogen-bond acceptors (Lipinski definition) is 3. The maximum atomic E-state index is 12.3. The van der Waals surface area contributed by atoms with E-state index in [2.05, 4.69) is 15.9 Å². The fourth-order valence-electron chi connectivity index (χ4n) is 1.90. The molecule has 0 aromatic heterocycles. The predicted octanol–water partition coefficient (Wildman–Crippen LogP) is 1.48. The third-order valence-electron chi connectivity index (χ3n) is 2.95. The molecule has 0 saturated carbocycles. The molecule has 1 fully saturated rings. The van der Waals surface area contributed by atoms with Gasteiger partial charge in [-0.25, -0.2) is 8.42 Å². The normalized spacial score (nSPS) is 21.9. The van der Waals surface area contributed by atoms with Crippen LogP contribution in [0.2, 0.25) is 0 Å². The van der Waals surface area contributed by atoms with Crippen molar-refractivity contribution in [1.82, 2.24) is 4.31 Å². The first-order valence-corrected chi connectivity index (χ1v) is 7.66. The SMILES string of the molecule is Cc1cc(S(=O)(=O)N2CC[C@H](N)C2)ccc1Br. The second-order valence-electron chi connectivity index (χ2n) is 4.32. The molecule has 2 N–H and O–H groups in total. The summed E-state index contributed by atoms with van der Waals surface area (Å²) in [5.41, 5.74) is 6.65. The van der Waals surface area contributed by atoms with Crippen molar-refractivity contribution >= 4 is 26.0 Å². The summed E-state index contributed by atoms with van der Waals surface area (Å²) in [6.07, 6.45) is 0.731. The molecule has 1 aromatic rings. The predicted molar refractivity (Wildman–Crippen MR) is 70.2 cm³/mol. The Morgan fingerprint density at radius 2 is 2.18 bits per heavy atom. The number of nitrogens with zero attached hydrogens (tertiary/aromatic N) is 1. The highest BCUT2D eigenvalue weighted by atomic mass is 79.9. The van der Waals surface area contributed by atoms with Crippen LogP contribution in [0.15, 0.2) is 27.6 Å². The number of sulfonamides is 1. The summed E-state index contributed by atoms with van der Waals surface area (Å²) >= 11 is 3.36. The molecule has 0 spiro atoms. The quantitative estimate of drug-likeness (QED) is 0.898. The first kappa shape index (κ1) is 13.0. The molecule has 6 heteroatoms. The van der Waals surface area contributed by atoms with Gasteiger partial charge in [0.05, 0.1) is 4.90 Å². The standard InChI is InChI=1S/C11H15BrN2O2S/c1-8-6-10(2-3-11(8)12)17(15,16)14-5-4-9(13)7-14/h2-3,6,9H,4-5,7,13H2,1H3/t9-/m0/s1. The summed E-state index contributed by atoms with van der Waals surface area (Å²) in [6.45, 7) is 2.80. The third-order valence-corrected chi connectivity index (χ3v) is 5.71. The van der Waals surface area contributed by atoms with E-state index in [1.54, 1.807) is 18.2 Å². The Bertz CT molecular complexity index is 530. The first-order valence-electron chi connectivity index (χ1n) is 5.43. The molecule has 2 rings (SSSR count). The fraction of sp³-hybridized carbons (Fsp3) is 0.455. The zero-order valence-corrected chi connectivity index (χ0v) is 12.0. The number of aryl methyl sites for hydroxylation is 1. The second kappa shape index (κ2) is 4.68. The van der Waals surface area contributed by atoms with Gasteiger partial charge in [-0.1, -0.05) is 15.9 Å². The highest BCUT2D eigenvalue weighted by Crippen LogP contribution is 2.24. The van der Waals surface area contributed by atoms with E-state index in [1.807, 2.05) is 6.92 Å². The Hall–Kier alpha value is -0.430. The molecule has 1 atom stereocenters. The van der Waals surface area contributed by atoms with Crippen LogP contribution in [-0.4, -0.2) is 31.9 Å². The van der Waals surface area contributed by atoms with E-state index in [0.717, 1.165) is 16.5 Å². The van der Waals surface area contributed by atoms with Gasteiger partial charge in [0.2, 0.25) is 10.0 Å². The maximum absolute atomic E-state index is 12.3. The van der Waals surface area contributed by atoms with E-state index >= 15 is 0 Å². The highest BCUT2D eigenvalue weighted by Gasteiger charge is 2.30. The second-order valence-corrected chi connectivity index (χ2v) is 7.12. The van der Waals surface area contributed by atoms with Crippen LogP contribution in [0.4, 0.5) is 0 Å². The molecule has 4 nitrogen and oxygen atoms in total. The minimum absolute atomic E-state index is 0.0404. The van der Waals surface area contributed by atoms with Gasteiger partial charge < -0.3 is 5.73 Å². The monoisotopic (exact) mass is 318 g/mol. The van der Waals surface area contributed by atoms with Crippen LogP contribution in [0.5, 0.6) is 0 Å². The molecule has 0 unspecified atom stereocenters. The molecule has 1 aliphatic heterocycles. The van der Waals surface area contributed by atoms with Crippen molar-refractivity contribution in [1.29, 1.82) is 0 Å². The number of benzene rings is 1. The van der Waals surface area contributed by atoms with Crippen LogP contribution in [0.3, 0.4) is 0 Å². The fourth-order valence-corrected chi connectivity index (χ4v) is 3.74. The topological polar surface area (TPSA) is 63.4 Å². The lowest BCUT2D eigenvalue weighted by molar-refractivity contribution is 0.472. The van der Waals surface area contributed by atoms with Crippen LogP contribution < -0.4 is 5.73 Å². The molecule has 1 aliphatic rings. The van der Waals surface area contributed by atoms with Gasteiger partial charge in [0, 0.05) is 23.6 Å². The Morgan fingerprint density at radius 1 is 1.47 bits per heavy atom. The Morgan fingerprint density at radius 3 is 2.71 bits per heavy atom. The molecule has 0 bridgehead atoms. The minimum Gasteiger partial charge on any atom is -0.326 e. The van der Waals surface area contributed by atoms with Crippen molar-refractivity contribution in [2.24, 2.45) is 5.73 Å². The van der Waals surface area contributed by atoms with Crippen molar-refractivity contribution in [2.45, 2.75) is 24.3 Å². The van der Waals surface area contributed by atoms with E-state index < -0.39 is 10.0 Å². The van der Waals surface area contributed by atoms with Crippen molar-refractivity contribution in [3.63, 3.8) is 0 Å². The molecule has 0 aliphatic carbocycles. The van der Waals surface area contributed by atoms with Gasteiger partial charge in [-0.2, -0.15) is 4.31 Å². The lowest BCUT2D eigenvalue weighted by Gasteiger charge is -2.16. The van der Waals surface area contributed by atoms with E-state index in [4.69, 9.17) is 5.73 Å². The van der Waals surface area contributed by atoms with E-state index in [1.165, 1.54) is 4.31 Å². The summed E-state index contributed by atoms with van der Waals surface area (Å²) in [7, 11) is -3.38. The number of halogens is 1. The average molecular weight is 319 g/mol. The van der Waals surface area contributed by atoms with Crippen molar-refractivity contribution in [3.05, 3.63) is 28.2 Å². The molecule has 1 heterocycles. The summed E-state index contributed by atoms with van der Waals surface area (Å²) in [4.78, 5) is 0.340. The zero-order chi connectivity index (χ0) is 12.6. The van der Waals surface area contributed by atoms with Crippen LogP contribution in [0.25, 0.3) is 0 Å². The number of nitrogens with two attached hydrogens (primary N) is 1. The summed E-state index contributed by atoms with van der Waals surface area (Å²) < 4.78 is 27.0. The van der Waals surface area contributed by atoms with Crippen molar-refractivity contribution in [3.8, 4) is 0 Å². The van der Waals surface area contributed by atoms with Crippen LogP contribution >= 0.6 is 15.9 Å². The third kappa shape index (κ3) is 2.54. The molecule has 1 aromatic carbocycles. The van der Waals surface area contributed by atoms with Gasteiger partial charge in [0.1, 0.15) is 0 Å². The minimum atomic E-state index is -3.38. The highest BCUT2D eigenvalue weighted by molar-refractivity contribution is 9.10. The van der Waals surface area contributed by atoms with E-state index in [0.29, 0.717) is 18.0 Å². The lowest BCUT2D eigenvalue weighted by Crippen LogP contribution is -2.32. The molecule has 1 saturated heterocycles. The lowest BCUT2D eigenvalue weighted by atomic mass is 10.2. The molecule has 94 valence electrons. The van der Waals surface area contributed by atoms with Crippen molar-refractivity contribution < 1.29 is 8.42 Å². The van der Waals surface area contributed by atoms with Gasteiger partial charge in [0.15, 0.2) is 0 Å². The number of rotatable bonds is 2. The average Bonchev–Trinajstić information content (AvgIpc) is 2.69. The molecular weight excluding hydrogens is 304 g/mol. The molecule has 0 radical (unpaired) electrons. The van der Waals surface area contributed by atoms with Gasteiger partial charge in [0.25, 0.3) is 0 Å². The first-order chi connectivity index (χ1) is 7.91. The van der Waals surface area contributed by atoms with Crippen LogP contribution in [-0.2, 0) is 10.0 Å². The van der Waals surface area contributed by atoms with E-state index in [-0.39, 0.29) is 6.04 Å². The Labute approximate surface area is 110 Å². The summed E-state index contributed by atoms with van der Waals surface area (Å²) in [5.74, 6) is 0. The Kier molecular flexibility index (Phi) is 3.58. The van der Waals surface area contributed by atoms with E-state index in [9.17, 15) is 8.42 Å². The van der Waals surface area contributed by atoms with Crippen LogP contribution in [0.1, 0.15) is 12.0 Å². The Balaban J connectivity index is 2.35. The van der Waals surface area contributed by atoms with Gasteiger partial charge in [-0.3, -0.25) is 0 Å². The summed E-state index contributed by atoms with van der Waals surface area (Å²) in [5, 5.41) is 0. The van der Waals surface area contributed by atoms with Gasteiger partial charge >= 0.3 is 0 Å².